The Labute approximate surface area is 144 Å². The van der Waals surface area contributed by atoms with E-state index >= 15 is 0 Å². The lowest BCUT2D eigenvalue weighted by Crippen LogP contribution is -2.29. The summed E-state index contributed by atoms with van der Waals surface area (Å²) in [4.78, 5) is 0. The van der Waals surface area contributed by atoms with Gasteiger partial charge >= 0.3 is 0 Å². The molecule has 1 saturated carbocycles. The van der Waals surface area contributed by atoms with Crippen LogP contribution in [0.5, 0.6) is 0 Å². The molecule has 0 radical (unpaired) electrons. The maximum Gasteiger partial charge on any atom is 0.0710 e. The van der Waals surface area contributed by atoms with Crippen LogP contribution < -0.4 is 11.3 Å². The molecule has 1 aliphatic rings. The van der Waals surface area contributed by atoms with Gasteiger partial charge < -0.3 is 0 Å². The molecule has 110 valence electrons. The average Bonchev–Trinajstić information content (AvgIpc) is 2.42. The maximum atomic E-state index is 6.24. The van der Waals surface area contributed by atoms with Crippen molar-refractivity contribution >= 4 is 34.2 Å². The summed E-state index contributed by atoms with van der Waals surface area (Å²) in [5, 5.41) is 0.767. The number of hydrogen-bond acceptors (Lipinski definition) is 2. The quantitative estimate of drug-likeness (QED) is 0.431. The molecule has 1 fully saturated rings. The first-order valence-corrected chi connectivity index (χ1v) is 8.65. The van der Waals surface area contributed by atoms with Crippen molar-refractivity contribution in [2.24, 2.45) is 5.84 Å². The van der Waals surface area contributed by atoms with Gasteiger partial charge in [0.25, 0.3) is 0 Å². The Morgan fingerprint density at radius 3 is 2.52 bits per heavy atom. The van der Waals surface area contributed by atoms with Gasteiger partial charge in [-0.25, -0.2) is 5.43 Å². The summed E-state index contributed by atoms with van der Waals surface area (Å²) < 4.78 is 1.05. The van der Waals surface area contributed by atoms with Gasteiger partial charge in [0.05, 0.1) is 11.1 Å². The molecule has 0 spiro atoms. The fourth-order valence-corrected chi connectivity index (χ4v) is 3.34. The number of hydrazine groups is 1. The van der Waals surface area contributed by atoms with E-state index in [9.17, 15) is 0 Å². The summed E-state index contributed by atoms with van der Waals surface area (Å²) in [7, 11) is 0. The molecule has 2 nitrogen and oxygen atoms in total. The van der Waals surface area contributed by atoms with Crippen molar-refractivity contribution in [1.29, 1.82) is 0 Å². The zero-order chi connectivity index (χ0) is 14.8. The first-order valence-electron chi connectivity index (χ1n) is 7.20. The molecule has 0 saturated heterocycles. The van der Waals surface area contributed by atoms with E-state index in [1.165, 1.54) is 30.4 Å². The van der Waals surface area contributed by atoms with E-state index in [-0.39, 0.29) is 6.04 Å². The molecule has 0 amide bonds. The predicted molar refractivity (Wildman–Crippen MR) is 96.4 cm³/mol. The fraction of sp³-hybridized carbons (Fsp3) is 0.294. The van der Waals surface area contributed by atoms with Crippen LogP contribution in [-0.2, 0) is 0 Å². The van der Waals surface area contributed by atoms with E-state index in [1.807, 2.05) is 12.1 Å². The van der Waals surface area contributed by atoms with Crippen molar-refractivity contribution in [2.75, 3.05) is 0 Å². The Balaban J connectivity index is 1.93. The molecular weight excluding hydrogens is 395 g/mol. The minimum atomic E-state index is -0.0282. The van der Waals surface area contributed by atoms with Crippen LogP contribution in [-0.4, -0.2) is 0 Å². The minimum absolute atomic E-state index is 0.0282. The van der Waals surface area contributed by atoms with Crippen LogP contribution in [0.25, 0.3) is 0 Å². The van der Waals surface area contributed by atoms with Crippen molar-refractivity contribution in [3.63, 3.8) is 0 Å². The van der Waals surface area contributed by atoms with Gasteiger partial charge in [-0.1, -0.05) is 48.4 Å². The summed E-state index contributed by atoms with van der Waals surface area (Å²) >= 11 is 8.47. The summed E-state index contributed by atoms with van der Waals surface area (Å²) in [6.07, 6.45) is 3.96. The second-order valence-corrected chi connectivity index (χ2v) is 7.14. The molecular formula is C17H18ClIN2. The molecule has 3 rings (SSSR count). The molecule has 1 atom stereocenters. The van der Waals surface area contributed by atoms with Gasteiger partial charge in [0.15, 0.2) is 0 Å². The SMILES string of the molecule is NNC(c1cccc(C2CCC2)c1)c1ccc(I)c(Cl)c1. The fourth-order valence-electron chi connectivity index (χ4n) is 2.81. The largest absolute Gasteiger partial charge is 0.271 e. The molecule has 0 heterocycles. The summed E-state index contributed by atoms with van der Waals surface area (Å²) in [5.74, 6) is 6.53. The number of halogens is 2. The molecule has 21 heavy (non-hydrogen) atoms. The lowest BCUT2D eigenvalue weighted by molar-refractivity contribution is 0.419. The third kappa shape index (κ3) is 3.26. The number of rotatable bonds is 4. The van der Waals surface area contributed by atoms with Gasteiger partial charge in [0.1, 0.15) is 0 Å². The van der Waals surface area contributed by atoms with E-state index in [2.05, 4.69) is 58.3 Å². The summed E-state index contributed by atoms with van der Waals surface area (Å²) in [6.45, 7) is 0. The second kappa shape index (κ2) is 6.65. The molecule has 0 aromatic heterocycles. The van der Waals surface area contributed by atoms with E-state index in [0.717, 1.165) is 20.1 Å². The molecule has 2 aromatic carbocycles. The smallest absolute Gasteiger partial charge is 0.0710 e. The van der Waals surface area contributed by atoms with Crippen LogP contribution in [0.2, 0.25) is 5.02 Å². The number of hydrogen-bond donors (Lipinski definition) is 2. The van der Waals surface area contributed by atoms with Crippen LogP contribution in [0.1, 0.15) is 47.9 Å². The van der Waals surface area contributed by atoms with Gasteiger partial charge in [0, 0.05) is 3.57 Å². The molecule has 2 aromatic rings. The zero-order valence-electron chi connectivity index (χ0n) is 11.7. The van der Waals surface area contributed by atoms with Crippen LogP contribution in [0.4, 0.5) is 0 Å². The van der Waals surface area contributed by atoms with Crippen molar-refractivity contribution in [3.8, 4) is 0 Å². The third-order valence-corrected chi connectivity index (χ3v) is 5.84. The zero-order valence-corrected chi connectivity index (χ0v) is 14.6. The monoisotopic (exact) mass is 412 g/mol. The highest BCUT2D eigenvalue weighted by Gasteiger charge is 2.21. The Morgan fingerprint density at radius 2 is 1.90 bits per heavy atom. The van der Waals surface area contributed by atoms with Crippen LogP contribution in [0, 0.1) is 3.57 Å². The van der Waals surface area contributed by atoms with Crippen LogP contribution in [0.3, 0.4) is 0 Å². The van der Waals surface area contributed by atoms with Crippen molar-refractivity contribution in [2.45, 2.75) is 31.2 Å². The van der Waals surface area contributed by atoms with E-state index in [1.54, 1.807) is 0 Å². The molecule has 4 heteroatoms. The van der Waals surface area contributed by atoms with E-state index in [4.69, 9.17) is 17.4 Å². The van der Waals surface area contributed by atoms with Crippen molar-refractivity contribution in [3.05, 3.63) is 67.7 Å². The third-order valence-electron chi connectivity index (χ3n) is 4.26. The lowest BCUT2D eigenvalue weighted by atomic mass is 9.79. The second-order valence-electron chi connectivity index (χ2n) is 5.57. The van der Waals surface area contributed by atoms with E-state index < -0.39 is 0 Å². The van der Waals surface area contributed by atoms with Gasteiger partial charge in [-0.2, -0.15) is 0 Å². The highest BCUT2D eigenvalue weighted by atomic mass is 127. The van der Waals surface area contributed by atoms with E-state index in [0.29, 0.717) is 0 Å². The van der Waals surface area contributed by atoms with Gasteiger partial charge in [-0.05, 0) is 70.2 Å². The maximum absolute atomic E-state index is 6.24. The topological polar surface area (TPSA) is 38.0 Å². The first kappa shape index (κ1) is 15.3. The molecule has 0 bridgehead atoms. The Kier molecular flexibility index (Phi) is 4.84. The average molecular weight is 413 g/mol. The number of nitrogens with one attached hydrogen (secondary N) is 1. The Hall–Kier alpha value is -0.620. The van der Waals surface area contributed by atoms with Crippen molar-refractivity contribution in [1.82, 2.24) is 5.43 Å². The molecule has 1 unspecified atom stereocenters. The number of nitrogens with two attached hydrogens (primary N) is 1. The minimum Gasteiger partial charge on any atom is -0.271 e. The Bertz CT molecular complexity index is 640. The normalized spacial score (nSPS) is 16.5. The highest BCUT2D eigenvalue weighted by molar-refractivity contribution is 14.1. The number of benzene rings is 2. The van der Waals surface area contributed by atoms with Gasteiger partial charge in [-0.15, -0.1) is 0 Å². The van der Waals surface area contributed by atoms with Gasteiger partial charge in [-0.3, -0.25) is 5.84 Å². The highest BCUT2D eigenvalue weighted by Crippen LogP contribution is 2.37. The lowest BCUT2D eigenvalue weighted by Gasteiger charge is -2.27. The van der Waals surface area contributed by atoms with Crippen LogP contribution in [0.15, 0.2) is 42.5 Å². The molecule has 1 aliphatic carbocycles. The first-order chi connectivity index (χ1) is 10.2. The standard InChI is InChI=1S/C17H18ClIN2/c18-15-10-14(7-8-16(15)19)17(21-20)13-6-2-5-12(9-13)11-3-1-4-11/h2,5-11,17,21H,1,3-4,20H2. The Morgan fingerprint density at radius 1 is 1.14 bits per heavy atom. The van der Waals surface area contributed by atoms with Crippen molar-refractivity contribution < 1.29 is 0 Å². The van der Waals surface area contributed by atoms with Gasteiger partial charge in [0.2, 0.25) is 0 Å². The predicted octanol–water partition coefficient (Wildman–Crippen LogP) is 4.76. The molecule has 0 aliphatic heterocycles. The molecule has 3 N–H and O–H groups in total. The summed E-state index contributed by atoms with van der Waals surface area (Å²) in [6, 6.07) is 14.8. The summed E-state index contributed by atoms with van der Waals surface area (Å²) in [5.41, 5.74) is 6.63. The van der Waals surface area contributed by atoms with Crippen LogP contribution >= 0.6 is 34.2 Å².